The molecule has 0 saturated carbocycles. The molecule has 1 aliphatic heterocycles. The summed E-state index contributed by atoms with van der Waals surface area (Å²) in [5, 5.41) is 7.23. The lowest BCUT2D eigenvalue weighted by Gasteiger charge is -2.27. The van der Waals surface area contributed by atoms with Crippen LogP contribution >= 0.6 is 0 Å². The third-order valence-corrected chi connectivity index (χ3v) is 5.08. The molecule has 7 heteroatoms. The van der Waals surface area contributed by atoms with E-state index in [-0.39, 0.29) is 17.6 Å². The van der Waals surface area contributed by atoms with Crippen LogP contribution in [0.1, 0.15) is 45.3 Å². The third-order valence-electron chi connectivity index (χ3n) is 5.08. The molecule has 2 heterocycles. The molecule has 3 aromatic rings. The van der Waals surface area contributed by atoms with Crippen molar-refractivity contribution in [3.05, 3.63) is 77.0 Å². The molecule has 0 aliphatic carbocycles. The van der Waals surface area contributed by atoms with E-state index >= 15 is 0 Å². The summed E-state index contributed by atoms with van der Waals surface area (Å²) in [6.07, 6.45) is 0.425. The predicted molar refractivity (Wildman–Crippen MR) is 114 cm³/mol. The molecular formula is C23H22N4O3. The van der Waals surface area contributed by atoms with Gasteiger partial charge >= 0.3 is 0 Å². The van der Waals surface area contributed by atoms with Gasteiger partial charge in [0.05, 0.1) is 18.8 Å². The molecule has 0 saturated heterocycles. The summed E-state index contributed by atoms with van der Waals surface area (Å²) >= 11 is 0. The standard InChI is InChI=1S/C23H22N4O3/c1-15-12-21-26(22(29)10-11-27(21)25-15)14-17-6-8-18(9-7-17)23(30)24-20-5-3-4-19(13-20)16(2)28/h3-9,12-13H,10-11,14H2,1-2H3,(H,24,30). The van der Waals surface area contributed by atoms with Crippen LogP contribution in [-0.2, 0) is 17.9 Å². The first-order chi connectivity index (χ1) is 14.4. The van der Waals surface area contributed by atoms with Crippen LogP contribution in [0.4, 0.5) is 11.5 Å². The van der Waals surface area contributed by atoms with Crippen molar-refractivity contribution in [1.82, 2.24) is 9.78 Å². The maximum absolute atomic E-state index is 12.5. The summed E-state index contributed by atoms with van der Waals surface area (Å²) in [5.74, 6) is 0.551. The van der Waals surface area contributed by atoms with Gasteiger partial charge in [0.25, 0.3) is 5.91 Å². The second kappa shape index (κ2) is 7.94. The van der Waals surface area contributed by atoms with Crippen molar-refractivity contribution in [2.24, 2.45) is 0 Å². The lowest BCUT2D eigenvalue weighted by Crippen LogP contribution is -2.36. The van der Waals surface area contributed by atoms with Crippen LogP contribution in [0, 0.1) is 6.92 Å². The number of Topliss-reactive ketones (excluding diaryl/α,β-unsaturated/α-hetero) is 1. The number of anilines is 2. The van der Waals surface area contributed by atoms with Gasteiger partial charge in [-0.15, -0.1) is 0 Å². The zero-order chi connectivity index (χ0) is 21.3. The molecule has 30 heavy (non-hydrogen) atoms. The van der Waals surface area contributed by atoms with Gasteiger partial charge in [-0.2, -0.15) is 5.10 Å². The Hall–Kier alpha value is -3.74. The number of aryl methyl sites for hydroxylation is 2. The second-order valence-electron chi connectivity index (χ2n) is 7.38. The first-order valence-corrected chi connectivity index (χ1v) is 9.77. The average Bonchev–Trinajstić information content (AvgIpc) is 3.11. The number of ketones is 1. The number of hydrogen-bond acceptors (Lipinski definition) is 4. The summed E-state index contributed by atoms with van der Waals surface area (Å²) in [6.45, 7) is 4.42. The lowest BCUT2D eigenvalue weighted by atomic mass is 10.1. The van der Waals surface area contributed by atoms with Crippen LogP contribution in [0.25, 0.3) is 0 Å². The van der Waals surface area contributed by atoms with Crippen molar-refractivity contribution in [1.29, 1.82) is 0 Å². The predicted octanol–water partition coefficient (Wildman–Crippen LogP) is 3.58. The van der Waals surface area contributed by atoms with Gasteiger partial charge in [-0.1, -0.05) is 24.3 Å². The van der Waals surface area contributed by atoms with Crippen molar-refractivity contribution in [3.63, 3.8) is 0 Å². The molecule has 1 aliphatic rings. The van der Waals surface area contributed by atoms with Gasteiger partial charge in [-0.05, 0) is 43.7 Å². The smallest absolute Gasteiger partial charge is 0.255 e. The molecule has 2 amide bonds. The van der Waals surface area contributed by atoms with E-state index in [0.717, 1.165) is 17.1 Å². The van der Waals surface area contributed by atoms with Gasteiger partial charge in [0, 0.05) is 29.3 Å². The maximum atomic E-state index is 12.5. The van der Waals surface area contributed by atoms with E-state index in [1.54, 1.807) is 41.3 Å². The molecule has 0 bridgehead atoms. The summed E-state index contributed by atoms with van der Waals surface area (Å²) in [7, 11) is 0. The Morgan fingerprint density at radius 1 is 1.07 bits per heavy atom. The molecular weight excluding hydrogens is 380 g/mol. The fraction of sp³-hybridized carbons (Fsp3) is 0.217. The Kier molecular flexibility index (Phi) is 5.18. The molecule has 2 aromatic carbocycles. The first kappa shape index (κ1) is 19.6. The highest BCUT2D eigenvalue weighted by atomic mass is 16.2. The number of amides is 2. The minimum Gasteiger partial charge on any atom is -0.322 e. The number of aromatic nitrogens is 2. The Bertz CT molecular complexity index is 1130. The number of nitrogens with one attached hydrogen (secondary N) is 1. The van der Waals surface area contributed by atoms with Gasteiger partial charge in [0.2, 0.25) is 5.91 Å². The van der Waals surface area contributed by atoms with Gasteiger partial charge in [0.1, 0.15) is 5.82 Å². The topological polar surface area (TPSA) is 84.3 Å². The highest BCUT2D eigenvalue weighted by molar-refractivity contribution is 6.05. The highest BCUT2D eigenvalue weighted by Crippen LogP contribution is 2.24. The zero-order valence-corrected chi connectivity index (χ0v) is 16.9. The minimum atomic E-state index is -0.259. The van der Waals surface area contributed by atoms with Crippen LogP contribution in [-0.4, -0.2) is 27.4 Å². The largest absolute Gasteiger partial charge is 0.322 e. The summed E-state index contributed by atoms with van der Waals surface area (Å²) < 4.78 is 1.85. The fourth-order valence-electron chi connectivity index (χ4n) is 3.51. The monoisotopic (exact) mass is 402 g/mol. The van der Waals surface area contributed by atoms with Crippen molar-refractivity contribution >= 4 is 29.1 Å². The van der Waals surface area contributed by atoms with Crippen molar-refractivity contribution < 1.29 is 14.4 Å². The SMILES string of the molecule is CC(=O)c1cccc(NC(=O)c2ccc(CN3C(=O)CCn4nc(C)cc43)cc2)c1. The number of carbonyl (C=O) groups is 3. The van der Waals surface area contributed by atoms with E-state index < -0.39 is 0 Å². The third kappa shape index (κ3) is 4.00. The zero-order valence-electron chi connectivity index (χ0n) is 16.9. The minimum absolute atomic E-state index is 0.0563. The van der Waals surface area contributed by atoms with Crippen molar-refractivity contribution in [2.75, 3.05) is 10.2 Å². The van der Waals surface area contributed by atoms with Crippen LogP contribution in [0.3, 0.4) is 0 Å². The summed E-state index contributed by atoms with van der Waals surface area (Å²) in [6, 6.07) is 15.9. The number of nitrogens with zero attached hydrogens (tertiary/aromatic N) is 3. The van der Waals surface area contributed by atoms with Crippen LogP contribution < -0.4 is 10.2 Å². The Morgan fingerprint density at radius 3 is 2.57 bits per heavy atom. The highest BCUT2D eigenvalue weighted by Gasteiger charge is 2.25. The quantitative estimate of drug-likeness (QED) is 0.661. The Morgan fingerprint density at radius 2 is 1.83 bits per heavy atom. The molecule has 0 atom stereocenters. The van der Waals surface area contributed by atoms with E-state index in [1.165, 1.54) is 6.92 Å². The van der Waals surface area contributed by atoms with Gasteiger partial charge < -0.3 is 5.32 Å². The van der Waals surface area contributed by atoms with Crippen LogP contribution in [0.15, 0.2) is 54.6 Å². The van der Waals surface area contributed by atoms with Crippen molar-refractivity contribution in [2.45, 2.75) is 33.4 Å². The van der Waals surface area contributed by atoms with Crippen LogP contribution in [0.5, 0.6) is 0 Å². The lowest BCUT2D eigenvalue weighted by molar-refractivity contribution is -0.119. The van der Waals surface area contributed by atoms with E-state index in [4.69, 9.17) is 0 Å². The molecule has 7 nitrogen and oxygen atoms in total. The Labute approximate surface area is 174 Å². The maximum Gasteiger partial charge on any atom is 0.255 e. The van der Waals surface area contributed by atoms with E-state index in [0.29, 0.717) is 36.3 Å². The molecule has 0 spiro atoms. The second-order valence-corrected chi connectivity index (χ2v) is 7.38. The number of fused-ring (bicyclic) bond motifs is 1. The first-order valence-electron chi connectivity index (χ1n) is 9.77. The molecule has 0 unspecified atom stereocenters. The molecule has 152 valence electrons. The van der Waals surface area contributed by atoms with E-state index in [9.17, 15) is 14.4 Å². The molecule has 1 N–H and O–H groups in total. The summed E-state index contributed by atoms with van der Waals surface area (Å²) in [4.78, 5) is 38.2. The number of carbonyl (C=O) groups excluding carboxylic acids is 3. The van der Waals surface area contributed by atoms with Gasteiger partial charge in [-0.25, -0.2) is 4.68 Å². The molecule has 1 aromatic heterocycles. The van der Waals surface area contributed by atoms with Gasteiger partial charge in [-0.3, -0.25) is 19.3 Å². The number of benzene rings is 2. The summed E-state index contributed by atoms with van der Waals surface area (Å²) in [5.41, 5.74) is 3.41. The molecule has 0 radical (unpaired) electrons. The van der Waals surface area contributed by atoms with E-state index in [1.807, 2.05) is 29.8 Å². The molecule has 4 rings (SSSR count). The van der Waals surface area contributed by atoms with Crippen LogP contribution in [0.2, 0.25) is 0 Å². The normalized spacial score (nSPS) is 13.1. The fourth-order valence-corrected chi connectivity index (χ4v) is 3.51. The van der Waals surface area contributed by atoms with E-state index in [2.05, 4.69) is 10.4 Å². The average molecular weight is 402 g/mol. The molecule has 0 fully saturated rings. The number of hydrogen-bond donors (Lipinski definition) is 1. The van der Waals surface area contributed by atoms with Gasteiger partial charge in [0.15, 0.2) is 5.78 Å². The Balaban J connectivity index is 1.47. The number of rotatable bonds is 5. The van der Waals surface area contributed by atoms with Crippen molar-refractivity contribution in [3.8, 4) is 0 Å².